The van der Waals surface area contributed by atoms with Gasteiger partial charge in [0.1, 0.15) is 0 Å². The third-order valence-corrected chi connectivity index (χ3v) is 1.96. The van der Waals surface area contributed by atoms with Crippen molar-refractivity contribution in [3.8, 4) is 17.5 Å². The molecule has 0 bridgehead atoms. The van der Waals surface area contributed by atoms with Gasteiger partial charge in [-0.25, -0.2) is 0 Å². The second-order valence-corrected chi connectivity index (χ2v) is 2.95. The monoisotopic (exact) mass is 200 g/mol. The molecule has 5 nitrogen and oxygen atoms in total. The third kappa shape index (κ3) is 1.79. The lowest BCUT2D eigenvalue weighted by atomic mass is 10.1. The Morgan fingerprint density at radius 1 is 1.40 bits per heavy atom. The van der Waals surface area contributed by atoms with Crippen molar-refractivity contribution < 1.29 is 4.52 Å². The van der Waals surface area contributed by atoms with Crippen molar-refractivity contribution in [2.24, 2.45) is 0 Å². The van der Waals surface area contributed by atoms with Crippen molar-refractivity contribution in [2.45, 2.75) is 6.42 Å². The SMILES string of the molecule is N#CCc1ccccc1-c1nc(N)no1. The summed E-state index contributed by atoms with van der Waals surface area (Å²) in [6, 6.07) is 9.45. The van der Waals surface area contributed by atoms with Gasteiger partial charge in [-0.3, -0.25) is 0 Å². The minimum absolute atomic E-state index is 0.0942. The first-order valence-electron chi connectivity index (χ1n) is 4.35. The lowest BCUT2D eigenvalue weighted by Crippen LogP contribution is -1.89. The number of nitrogens with two attached hydrogens (primary N) is 1. The molecule has 0 fully saturated rings. The molecular formula is C10H8N4O. The summed E-state index contributed by atoms with van der Waals surface area (Å²) in [6.07, 6.45) is 0.304. The summed E-state index contributed by atoms with van der Waals surface area (Å²) in [5.41, 5.74) is 6.96. The normalized spacial score (nSPS) is 9.80. The molecule has 15 heavy (non-hydrogen) atoms. The second-order valence-electron chi connectivity index (χ2n) is 2.95. The summed E-state index contributed by atoms with van der Waals surface area (Å²) in [5, 5.41) is 12.2. The van der Waals surface area contributed by atoms with Gasteiger partial charge in [-0.05, 0) is 16.8 Å². The van der Waals surface area contributed by atoms with Crippen LogP contribution in [-0.2, 0) is 6.42 Å². The summed E-state index contributed by atoms with van der Waals surface area (Å²) in [6.45, 7) is 0. The number of aromatic nitrogens is 2. The molecule has 0 aliphatic heterocycles. The Balaban J connectivity index is 2.48. The summed E-state index contributed by atoms with van der Waals surface area (Å²) >= 11 is 0. The molecule has 5 heteroatoms. The lowest BCUT2D eigenvalue weighted by Gasteiger charge is -1.99. The summed E-state index contributed by atoms with van der Waals surface area (Å²) in [7, 11) is 0. The van der Waals surface area contributed by atoms with Gasteiger partial charge in [0.2, 0.25) is 0 Å². The van der Waals surface area contributed by atoms with E-state index in [-0.39, 0.29) is 5.95 Å². The van der Waals surface area contributed by atoms with Crippen LogP contribution in [0.3, 0.4) is 0 Å². The quantitative estimate of drug-likeness (QED) is 0.791. The van der Waals surface area contributed by atoms with Gasteiger partial charge >= 0.3 is 0 Å². The van der Waals surface area contributed by atoms with E-state index in [1.54, 1.807) is 0 Å². The van der Waals surface area contributed by atoms with E-state index in [9.17, 15) is 0 Å². The van der Waals surface area contributed by atoms with Crippen molar-refractivity contribution in [3.05, 3.63) is 29.8 Å². The Bertz CT molecular complexity index is 512. The van der Waals surface area contributed by atoms with Crippen molar-refractivity contribution in [1.29, 1.82) is 5.26 Å². The third-order valence-electron chi connectivity index (χ3n) is 1.96. The fourth-order valence-electron chi connectivity index (χ4n) is 1.31. The number of nitriles is 1. The van der Waals surface area contributed by atoms with Crippen LogP contribution in [0.5, 0.6) is 0 Å². The van der Waals surface area contributed by atoms with Crippen molar-refractivity contribution in [3.63, 3.8) is 0 Å². The molecule has 0 radical (unpaired) electrons. The maximum atomic E-state index is 8.65. The first-order chi connectivity index (χ1) is 7.31. The molecule has 2 rings (SSSR count). The molecule has 2 N–H and O–H groups in total. The molecule has 0 aliphatic rings. The average molecular weight is 200 g/mol. The summed E-state index contributed by atoms with van der Waals surface area (Å²) in [5.74, 6) is 0.440. The summed E-state index contributed by atoms with van der Waals surface area (Å²) < 4.78 is 4.94. The highest BCUT2D eigenvalue weighted by molar-refractivity contribution is 5.59. The molecule has 0 amide bonds. The molecule has 0 saturated carbocycles. The Morgan fingerprint density at radius 2 is 2.20 bits per heavy atom. The van der Waals surface area contributed by atoms with Crippen LogP contribution < -0.4 is 5.73 Å². The smallest absolute Gasteiger partial charge is 0.261 e. The van der Waals surface area contributed by atoms with Crippen molar-refractivity contribution in [2.75, 3.05) is 5.73 Å². The molecular weight excluding hydrogens is 192 g/mol. The Hall–Kier alpha value is -2.35. The van der Waals surface area contributed by atoms with Crippen LogP contribution in [-0.4, -0.2) is 10.1 Å². The molecule has 1 aromatic carbocycles. The molecule has 2 aromatic rings. The fourth-order valence-corrected chi connectivity index (χ4v) is 1.31. The minimum Gasteiger partial charge on any atom is -0.365 e. The van der Waals surface area contributed by atoms with E-state index in [4.69, 9.17) is 15.5 Å². The molecule has 0 unspecified atom stereocenters. The van der Waals surface area contributed by atoms with E-state index >= 15 is 0 Å². The standard InChI is InChI=1S/C10H8N4O/c11-6-5-7-3-1-2-4-8(7)9-13-10(12)14-15-9/h1-4H,5H2,(H2,12,14). The van der Waals surface area contributed by atoms with Crippen LogP contribution in [0.1, 0.15) is 5.56 Å². The highest BCUT2D eigenvalue weighted by Gasteiger charge is 2.10. The maximum Gasteiger partial charge on any atom is 0.261 e. The first kappa shape index (κ1) is 9.21. The molecule has 0 atom stereocenters. The van der Waals surface area contributed by atoms with Gasteiger partial charge < -0.3 is 10.3 Å². The van der Waals surface area contributed by atoms with Gasteiger partial charge in [0, 0.05) is 5.56 Å². The van der Waals surface area contributed by atoms with E-state index in [1.165, 1.54) is 0 Å². The summed E-state index contributed by atoms with van der Waals surface area (Å²) in [4.78, 5) is 3.91. The lowest BCUT2D eigenvalue weighted by molar-refractivity contribution is 0.433. The van der Waals surface area contributed by atoms with Gasteiger partial charge in [-0.2, -0.15) is 10.2 Å². The number of hydrogen-bond acceptors (Lipinski definition) is 5. The van der Waals surface area contributed by atoms with Crippen LogP contribution in [0, 0.1) is 11.3 Å². The predicted molar refractivity (Wildman–Crippen MR) is 53.5 cm³/mol. The Kier molecular flexibility index (Phi) is 2.33. The van der Waals surface area contributed by atoms with Gasteiger partial charge in [0.05, 0.1) is 12.5 Å². The Labute approximate surface area is 86.1 Å². The van der Waals surface area contributed by atoms with Crippen LogP contribution in [0.25, 0.3) is 11.5 Å². The van der Waals surface area contributed by atoms with E-state index in [2.05, 4.69) is 16.2 Å². The van der Waals surface area contributed by atoms with Gasteiger partial charge in [-0.1, -0.05) is 18.2 Å². The zero-order valence-corrected chi connectivity index (χ0v) is 7.84. The molecule has 0 spiro atoms. The van der Waals surface area contributed by atoms with Gasteiger partial charge in [0.25, 0.3) is 11.8 Å². The predicted octanol–water partition coefficient (Wildman–Crippen LogP) is 1.38. The van der Waals surface area contributed by atoms with Crippen molar-refractivity contribution in [1.82, 2.24) is 10.1 Å². The molecule has 1 aromatic heterocycles. The maximum absolute atomic E-state index is 8.65. The van der Waals surface area contributed by atoms with Gasteiger partial charge in [0.15, 0.2) is 0 Å². The molecule has 0 saturated heterocycles. The topological polar surface area (TPSA) is 88.7 Å². The molecule has 74 valence electrons. The second kappa shape index (κ2) is 3.80. The van der Waals surface area contributed by atoms with E-state index in [0.717, 1.165) is 11.1 Å². The zero-order chi connectivity index (χ0) is 10.7. The average Bonchev–Trinajstić information content (AvgIpc) is 2.66. The number of hydrogen-bond donors (Lipinski definition) is 1. The van der Waals surface area contributed by atoms with E-state index < -0.39 is 0 Å². The zero-order valence-electron chi connectivity index (χ0n) is 7.84. The number of anilines is 1. The molecule has 1 heterocycles. The number of nitrogens with zero attached hydrogens (tertiary/aromatic N) is 3. The fraction of sp³-hybridized carbons (Fsp3) is 0.100. The minimum atomic E-state index is 0.0942. The van der Waals surface area contributed by atoms with Crippen LogP contribution in [0.15, 0.2) is 28.8 Å². The highest BCUT2D eigenvalue weighted by atomic mass is 16.5. The largest absolute Gasteiger partial charge is 0.365 e. The van der Waals surface area contributed by atoms with Crippen LogP contribution in [0.4, 0.5) is 5.95 Å². The Morgan fingerprint density at radius 3 is 2.87 bits per heavy atom. The first-order valence-corrected chi connectivity index (χ1v) is 4.35. The van der Waals surface area contributed by atoms with Crippen LogP contribution >= 0.6 is 0 Å². The number of nitrogen functional groups attached to an aromatic ring is 1. The molecule has 0 aliphatic carbocycles. The van der Waals surface area contributed by atoms with Gasteiger partial charge in [-0.15, -0.1) is 0 Å². The number of rotatable bonds is 2. The van der Waals surface area contributed by atoms with Crippen LogP contribution in [0.2, 0.25) is 0 Å². The van der Waals surface area contributed by atoms with Crippen molar-refractivity contribution >= 4 is 5.95 Å². The van der Waals surface area contributed by atoms with E-state index in [1.807, 2.05) is 24.3 Å². The highest BCUT2D eigenvalue weighted by Crippen LogP contribution is 2.22. The number of benzene rings is 1. The van der Waals surface area contributed by atoms with E-state index in [0.29, 0.717) is 12.3 Å².